The van der Waals surface area contributed by atoms with Crippen LogP contribution in [-0.2, 0) is 23.8 Å². The second kappa shape index (κ2) is 9.26. The van der Waals surface area contributed by atoms with E-state index in [1.165, 1.54) is 7.11 Å². The van der Waals surface area contributed by atoms with Gasteiger partial charge in [0.2, 0.25) is 6.29 Å². The summed E-state index contributed by atoms with van der Waals surface area (Å²) >= 11 is 0. The van der Waals surface area contributed by atoms with E-state index in [1.54, 1.807) is 0 Å². The normalized spacial score (nSPS) is 15.9. The molecule has 5 nitrogen and oxygen atoms in total. The molecule has 0 aliphatic heterocycles. The van der Waals surface area contributed by atoms with Crippen LogP contribution in [0.4, 0.5) is 0 Å². The van der Waals surface area contributed by atoms with Crippen molar-refractivity contribution in [2.75, 3.05) is 13.7 Å². The Kier molecular flexibility index (Phi) is 8.82. The first-order chi connectivity index (χ1) is 10.5. The van der Waals surface area contributed by atoms with Gasteiger partial charge >= 0.3 is 11.9 Å². The minimum atomic E-state index is -0.634. The third-order valence-electron chi connectivity index (χ3n) is 4.05. The minimum absolute atomic E-state index is 0.0193. The van der Waals surface area contributed by atoms with Crippen molar-refractivity contribution in [3.8, 4) is 0 Å². The molecule has 0 bridgehead atoms. The van der Waals surface area contributed by atoms with Gasteiger partial charge in [-0.3, -0.25) is 9.59 Å². The van der Waals surface area contributed by atoms with Gasteiger partial charge < -0.3 is 14.2 Å². The van der Waals surface area contributed by atoms with E-state index in [1.807, 2.05) is 27.7 Å². The van der Waals surface area contributed by atoms with Crippen LogP contribution in [0.1, 0.15) is 67.7 Å². The fourth-order valence-electron chi connectivity index (χ4n) is 2.48. The van der Waals surface area contributed by atoms with Crippen LogP contribution in [0.5, 0.6) is 0 Å². The first-order valence-corrected chi connectivity index (χ1v) is 8.35. The third kappa shape index (κ3) is 7.82. The number of hydrogen-bond acceptors (Lipinski definition) is 5. The fraction of sp³-hybridized carbons (Fsp3) is 0.889. The molecule has 2 atom stereocenters. The smallest absolute Gasteiger partial charge is 0.314 e. The predicted octanol–water partition coefficient (Wildman–Crippen LogP) is 3.94. The van der Waals surface area contributed by atoms with Gasteiger partial charge in [0, 0.05) is 6.42 Å². The van der Waals surface area contributed by atoms with Crippen LogP contribution >= 0.6 is 0 Å². The maximum absolute atomic E-state index is 12.7. The zero-order valence-corrected chi connectivity index (χ0v) is 16.0. The number of esters is 2. The number of carbonyl (C=O) groups is 2. The van der Waals surface area contributed by atoms with Crippen molar-refractivity contribution in [3.05, 3.63) is 0 Å². The van der Waals surface area contributed by atoms with E-state index in [9.17, 15) is 9.59 Å². The molecule has 0 spiro atoms. The highest BCUT2D eigenvalue weighted by atomic mass is 16.7. The molecule has 0 fully saturated rings. The van der Waals surface area contributed by atoms with E-state index < -0.39 is 11.7 Å². The highest BCUT2D eigenvalue weighted by molar-refractivity contribution is 5.77. The molecule has 0 N–H and O–H groups in total. The quantitative estimate of drug-likeness (QED) is 0.473. The Bertz CT molecular complexity index is 383. The van der Waals surface area contributed by atoms with Crippen LogP contribution in [0.2, 0.25) is 0 Å². The lowest BCUT2D eigenvalue weighted by Gasteiger charge is -2.37. The second-order valence-electron chi connectivity index (χ2n) is 7.75. The topological polar surface area (TPSA) is 61.8 Å². The monoisotopic (exact) mass is 330 g/mol. The van der Waals surface area contributed by atoms with Crippen molar-refractivity contribution in [2.24, 2.45) is 16.7 Å². The summed E-state index contributed by atoms with van der Waals surface area (Å²) in [5.74, 6) is -0.430. The second-order valence-corrected chi connectivity index (χ2v) is 7.75. The molecular formula is C18H34O5. The summed E-state index contributed by atoms with van der Waals surface area (Å²) in [5, 5.41) is 0. The zero-order valence-electron chi connectivity index (χ0n) is 16.0. The first kappa shape index (κ1) is 21.9. The van der Waals surface area contributed by atoms with Gasteiger partial charge in [-0.1, -0.05) is 41.5 Å². The molecule has 0 aromatic carbocycles. The number of rotatable bonds is 9. The number of hydrogen-bond donors (Lipinski definition) is 0. The summed E-state index contributed by atoms with van der Waals surface area (Å²) < 4.78 is 15.6. The van der Waals surface area contributed by atoms with Crippen molar-refractivity contribution in [2.45, 2.75) is 74.0 Å². The Morgan fingerprint density at radius 3 is 2.04 bits per heavy atom. The lowest BCUT2D eigenvalue weighted by atomic mass is 9.69. The van der Waals surface area contributed by atoms with E-state index in [0.29, 0.717) is 6.42 Å². The van der Waals surface area contributed by atoms with Gasteiger partial charge in [-0.25, -0.2) is 0 Å². The summed E-state index contributed by atoms with van der Waals surface area (Å²) in [6.07, 6.45) is 0.782. The highest BCUT2D eigenvalue weighted by Gasteiger charge is 2.42. The summed E-state index contributed by atoms with van der Waals surface area (Å²) in [5.41, 5.74) is -0.553. The maximum Gasteiger partial charge on any atom is 0.314 e. The van der Waals surface area contributed by atoms with Crippen molar-refractivity contribution in [3.63, 3.8) is 0 Å². The summed E-state index contributed by atoms with van der Waals surface area (Å²) in [7, 11) is 1.33. The first-order valence-electron chi connectivity index (χ1n) is 8.35. The van der Waals surface area contributed by atoms with Crippen molar-refractivity contribution >= 4 is 11.9 Å². The van der Waals surface area contributed by atoms with Gasteiger partial charge in [0.05, 0.1) is 25.6 Å². The Morgan fingerprint density at radius 1 is 1.09 bits per heavy atom. The lowest BCUT2D eigenvalue weighted by molar-refractivity contribution is -0.195. The summed E-state index contributed by atoms with van der Waals surface area (Å²) in [6, 6.07) is 0. The Labute approximate surface area is 141 Å². The van der Waals surface area contributed by atoms with Gasteiger partial charge in [0.15, 0.2) is 0 Å². The molecule has 0 heterocycles. The molecule has 0 saturated heterocycles. The van der Waals surface area contributed by atoms with Gasteiger partial charge in [0.1, 0.15) is 0 Å². The Hall–Kier alpha value is -1.10. The van der Waals surface area contributed by atoms with Gasteiger partial charge in [0.25, 0.3) is 0 Å². The lowest BCUT2D eigenvalue weighted by Crippen LogP contribution is -2.40. The van der Waals surface area contributed by atoms with E-state index >= 15 is 0 Å². The van der Waals surface area contributed by atoms with Gasteiger partial charge in [-0.15, -0.1) is 0 Å². The third-order valence-corrected chi connectivity index (χ3v) is 4.05. The minimum Gasteiger partial charge on any atom is -0.469 e. The molecule has 136 valence electrons. The average molecular weight is 330 g/mol. The van der Waals surface area contributed by atoms with Crippen molar-refractivity contribution in [1.82, 2.24) is 0 Å². The molecule has 0 aromatic heterocycles. The van der Waals surface area contributed by atoms with Crippen LogP contribution in [0.3, 0.4) is 0 Å². The molecule has 0 saturated carbocycles. The van der Waals surface area contributed by atoms with E-state index in [0.717, 1.165) is 6.42 Å². The molecule has 0 rings (SSSR count). The van der Waals surface area contributed by atoms with Crippen LogP contribution in [0.25, 0.3) is 0 Å². The molecule has 0 aliphatic rings. The predicted molar refractivity (Wildman–Crippen MR) is 89.8 cm³/mol. The summed E-state index contributed by atoms with van der Waals surface area (Å²) in [4.78, 5) is 23.8. The highest BCUT2D eigenvalue weighted by Crippen LogP contribution is 2.40. The molecular weight excluding hydrogens is 296 g/mol. The largest absolute Gasteiger partial charge is 0.469 e. The van der Waals surface area contributed by atoms with Crippen LogP contribution in [0, 0.1) is 16.7 Å². The van der Waals surface area contributed by atoms with Crippen LogP contribution in [-0.4, -0.2) is 31.9 Å². The van der Waals surface area contributed by atoms with Crippen LogP contribution in [0.15, 0.2) is 0 Å². The molecule has 0 radical (unpaired) electrons. The average Bonchev–Trinajstić information content (AvgIpc) is 2.43. The van der Waals surface area contributed by atoms with Gasteiger partial charge in [-0.05, 0) is 24.7 Å². The van der Waals surface area contributed by atoms with Crippen molar-refractivity contribution < 1.29 is 23.8 Å². The fourth-order valence-corrected chi connectivity index (χ4v) is 2.48. The Balaban J connectivity index is 4.78. The van der Waals surface area contributed by atoms with Gasteiger partial charge in [-0.2, -0.15) is 0 Å². The number of ether oxygens (including phenoxy) is 3. The van der Waals surface area contributed by atoms with E-state index in [-0.39, 0.29) is 36.3 Å². The summed E-state index contributed by atoms with van der Waals surface area (Å²) in [6.45, 7) is 14.4. The number of methoxy groups -OCH3 is 1. The van der Waals surface area contributed by atoms with Crippen LogP contribution < -0.4 is 0 Å². The molecule has 0 aromatic rings. The Morgan fingerprint density at radius 2 is 1.65 bits per heavy atom. The van der Waals surface area contributed by atoms with E-state index in [4.69, 9.17) is 9.47 Å². The molecule has 2 unspecified atom stereocenters. The van der Waals surface area contributed by atoms with Crippen molar-refractivity contribution in [1.29, 1.82) is 0 Å². The molecule has 0 amide bonds. The standard InChI is InChI=1S/C18H34O5/c1-9-15(22-11-10-14(19)21-8)23-16(20)18(7,13(2)3)12-17(4,5)6/h13,15H,9-12H2,1-8H3. The maximum atomic E-state index is 12.7. The van der Waals surface area contributed by atoms with E-state index in [2.05, 4.69) is 25.5 Å². The zero-order chi connectivity index (χ0) is 18.3. The SMILES string of the molecule is CCC(OCCC(=O)OC)OC(=O)C(C)(CC(C)(C)C)C(C)C. The number of carbonyl (C=O) groups excluding carboxylic acids is 2. The molecule has 0 aliphatic carbocycles. The molecule has 23 heavy (non-hydrogen) atoms. The molecule has 5 heteroatoms.